The van der Waals surface area contributed by atoms with Crippen molar-refractivity contribution in [2.45, 2.75) is 65.9 Å². The van der Waals surface area contributed by atoms with Crippen molar-refractivity contribution in [3.05, 3.63) is 87.9 Å². The summed E-state index contributed by atoms with van der Waals surface area (Å²) < 4.78 is 12.4. The van der Waals surface area contributed by atoms with Gasteiger partial charge in [0.05, 0.1) is 0 Å². The van der Waals surface area contributed by atoms with Crippen LogP contribution in [-0.4, -0.2) is 11.6 Å². The molecule has 1 heterocycles. The molecule has 0 bridgehead atoms. The number of carbonyl (C=O) groups is 2. The van der Waals surface area contributed by atoms with E-state index in [1.165, 1.54) is 0 Å². The summed E-state index contributed by atoms with van der Waals surface area (Å²) in [5, 5.41) is 0. The van der Waals surface area contributed by atoms with Crippen LogP contribution < -0.4 is 4.74 Å². The highest BCUT2D eigenvalue weighted by atomic mass is 16.5. The average molecular weight is 481 g/mol. The van der Waals surface area contributed by atoms with Gasteiger partial charge >= 0.3 is 0 Å². The fourth-order valence-corrected chi connectivity index (χ4v) is 5.71. The Balaban J connectivity index is 1.49. The third-order valence-corrected chi connectivity index (χ3v) is 7.36. The molecule has 0 unspecified atom stereocenters. The van der Waals surface area contributed by atoms with Gasteiger partial charge in [-0.05, 0) is 34.6 Å². The summed E-state index contributed by atoms with van der Waals surface area (Å²) in [7, 11) is 0. The van der Waals surface area contributed by atoms with Crippen molar-refractivity contribution in [1.82, 2.24) is 0 Å². The van der Waals surface area contributed by atoms with Crippen molar-refractivity contribution >= 4 is 11.6 Å². The van der Waals surface area contributed by atoms with E-state index < -0.39 is 5.92 Å². The number of Topliss-reactive ketones (excluding diaryl/α,β-unsaturated/α-hetero) is 2. The second kappa shape index (κ2) is 8.82. The van der Waals surface area contributed by atoms with Crippen LogP contribution in [0.3, 0.4) is 0 Å². The molecule has 0 N–H and O–H groups in total. The van der Waals surface area contributed by atoms with Gasteiger partial charge in [-0.1, -0.05) is 63.9 Å². The predicted octanol–water partition coefficient (Wildman–Crippen LogP) is 6.65. The Morgan fingerprint density at radius 2 is 1.42 bits per heavy atom. The molecule has 0 aromatic heterocycles. The van der Waals surface area contributed by atoms with E-state index in [4.69, 9.17) is 15.9 Å². The molecule has 184 valence electrons. The lowest BCUT2D eigenvalue weighted by molar-refractivity contribution is -0.120. The topological polar surface area (TPSA) is 52.6 Å². The minimum atomic E-state index is -0.396. The zero-order valence-corrected chi connectivity index (χ0v) is 21.4. The Kier molecular flexibility index (Phi) is 5.91. The van der Waals surface area contributed by atoms with Crippen LogP contribution in [0.2, 0.25) is 0 Å². The third-order valence-electron chi connectivity index (χ3n) is 7.36. The first-order valence-electron chi connectivity index (χ1n) is 12.5. The summed E-state index contributed by atoms with van der Waals surface area (Å²) in [6, 6.07) is 15.4. The number of terminal acetylenes is 1. The number of ketones is 2. The first-order chi connectivity index (χ1) is 17.1. The van der Waals surface area contributed by atoms with E-state index in [0.29, 0.717) is 49.2 Å². The molecule has 4 nitrogen and oxygen atoms in total. The van der Waals surface area contributed by atoms with Crippen molar-refractivity contribution in [2.75, 3.05) is 0 Å². The molecule has 36 heavy (non-hydrogen) atoms. The number of rotatable bonds is 4. The minimum absolute atomic E-state index is 0.0710. The van der Waals surface area contributed by atoms with E-state index in [1.807, 2.05) is 48.5 Å². The van der Waals surface area contributed by atoms with E-state index in [1.54, 1.807) is 0 Å². The Labute approximate surface area is 213 Å². The highest BCUT2D eigenvalue weighted by Crippen LogP contribution is 2.53. The van der Waals surface area contributed by atoms with Crippen LogP contribution >= 0.6 is 0 Å². The second-order valence-corrected chi connectivity index (χ2v) is 11.7. The molecule has 5 rings (SSSR count). The molecule has 2 aliphatic carbocycles. The van der Waals surface area contributed by atoms with Crippen molar-refractivity contribution in [2.24, 2.45) is 10.8 Å². The molecule has 2 aromatic carbocycles. The molecule has 0 saturated carbocycles. The molecule has 3 aliphatic rings. The lowest BCUT2D eigenvalue weighted by Gasteiger charge is -2.42. The molecule has 2 aromatic rings. The molecule has 1 aliphatic heterocycles. The number of carbonyl (C=O) groups excluding carboxylic acids is 2. The van der Waals surface area contributed by atoms with E-state index in [2.05, 4.69) is 33.6 Å². The Hall–Kier alpha value is -3.58. The van der Waals surface area contributed by atoms with E-state index in [0.717, 1.165) is 28.2 Å². The number of benzene rings is 2. The summed E-state index contributed by atoms with van der Waals surface area (Å²) in [6.45, 7) is 8.74. The van der Waals surface area contributed by atoms with Crippen LogP contribution in [0, 0.1) is 23.2 Å². The fraction of sp³-hybridized carbons (Fsp3) is 0.375. The molecular formula is C32H32O4. The lowest BCUT2D eigenvalue weighted by Crippen LogP contribution is -2.37. The quantitative estimate of drug-likeness (QED) is 0.460. The van der Waals surface area contributed by atoms with Gasteiger partial charge < -0.3 is 9.47 Å². The number of hydrogen-bond acceptors (Lipinski definition) is 4. The normalized spacial score (nSPS) is 20.9. The maximum atomic E-state index is 13.4. The molecule has 0 spiro atoms. The number of hydrogen-bond donors (Lipinski definition) is 0. The van der Waals surface area contributed by atoms with Gasteiger partial charge in [0, 0.05) is 53.9 Å². The van der Waals surface area contributed by atoms with E-state index in [-0.39, 0.29) is 22.4 Å². The molecular weight excluding hydrogens is 448 g/mol. The zero-order chi connectivity index (χ0) is 25.7. The summed E-state index contributed by atoms with van der Waals surface area (Å²) >= 11 is 0. The van der Waals surface area contributed by atoms with E-state index >= 15 is 0 Å². The molecule has 0 atom stereocenters. The maximum Gasteiger partial charge on any atom is 0.163 e. The average Bonchev–Trinajstić information content (AvgIpc) is 2.80. The van der Waals surface area contributed by atoms with Gasteiger partial charge in [0.25, 0.3) is 0 Å². The maximum absolute atomic E-state index is 13.4. The number of ether oxygens (including phenoxy) is 2. The van der Waals surface area contributed by atoms with Crippen molar-refractivity contribution in [1.29, 1.82) is 0 Å². The zero-order valence-electron chi connectivity index (χ0n) is 21.4. The first-order valence-corrected chi connectivity index (χ1v) is 12.5. The highest BCUT2D eigenvalue weighted by molar-refractivity contribution is 6.06. The Bertz CT molecular complexity index is 1290. The monoisotopic (exact) mass is 480 g/mol. The van der Waals surface area contributed by atoms with Crippen LogP contribution in [0.4, 0.5) is 0 Å². The lowest BCUT2D eigenvalue weighted by atomic mass is 9.65. The predicted molar refractivity (Wildman–Crippen MR) is 139 cm³/mol. The van der Waals surface area contributed by atoms with Gasteiger partial charge in [0.1, 0.15) is 23.9 Å². The number of allylic oxidation sites excluding steroid dienone is 4. The molecule has 0 amide bonds. The van der Waals surface area contributed by atoms with Crippen LogP contribution in [-0.2, 0) is 20.9 Å². The van der Waals surface area contributed by atoms with Crippen LogP contribution in [0.15, 0.2) is 71.2 Å². The first kappa shape index (κ1) is 24.1. The largest absolute Gasteiger partial charge is 0.489 e. The van der Waals surface area contributed by atoms with Gasteiger partial charge in [-0.3, -0.25) is 9.59 Å². The van der Waals surface area contributed by atoms with Gasteiger partial charge in [-0.2, -0.15) is 0 Å². The fourth-order valence-electron chi connectivity index (χ4n) is 5.71. The SMILES string of the molecule is C#Cc1ccccc1COc1ccc(C2C3=C(CC(C)(C)CC3=O)OC3=C2C(=O)CC(C)(C)C3)cc1. The summed E-state index contributed by atoms with van der Waals surface area (Å²) in [6.07, 6.45) is 7.87. The van der Waals surface area contributed by atoms with E-state index in [9.17, 15) is 9.59 Å². The summed E-state index contributed by atoms with van der Waals surface area (Å²) in [5.41, 5.74) is 3.64. The van der Waals surface area contributed by atoms with Crippen LogP contribution in [0.5, 0.6) is 5.75 Å². The van der Waals surface area contributed by atoms with Crippen molar-refractivity contribution in [3.8, 4) is 18.1 Å². The summed E-state index contributed by atoms with van der Waals surface area (Å²) in [4.78, 5) is 26.8. The Morgan fingerprint density at radius 1 is 0.861 bits per heavy atom. The minimum Gasteiger partial charge on any atom is -0.489 e. The second-order valence-electron chi connectivity index (χ2n) is 11.7. The van der Waals surface area contributed by atoms with Crippen molar-refractivity contribution in [3.63, 3.8) is 0 Å². The molecule has 4 heteroatoms. The Morgan fingerprint density at radius 3 is 1.97 bits per heavy atom. The molecule has 0 saturated heterocycles. The van der Waals surface area contributed by atoms with Gasteiger partial charge in [0.15, 0.2) is 11.6 Å². The molecule has 0 fully saturated rings. The van der Waals surface area contributed by atoms with Gasteiger partial charge in [-0.15, -0.1) is 6.42 Å². The van der Waals surface area contributed by atoms with Gasteiger partial charge in [0.2, 0.25) is 0 Å². The van der Waals surface area contributed by atoms with Gasteiger partial charge in [-0.25, -0.2) is 0 Å². The molecule has 0 radical (unpaired) electrons. The smallest absolute Gasteiger partial charge is 0.163 e. The standard InChI is InChI=1S/C32H32O4/c1-6-20-9-7-8-10-22(20)19-35-23-13-11-21(12-14-23)28-29-24(33)15-31(2,3)17-26(29)36-27-18-32(4,5)16-25(34)30(27)28/h1,7-14,28H,15-19H2,2-5H3. The van der Waals surface area contributed by atoms with Crippen LogP contribution in [0.25, 0.3) is 0 Å². The van der Waals surface area contributed by atoms with Crippen molar-refractivity contribution < 1.29 is 19.1 Å². The highest BCUT2D eigenvalue weighted by Gasteiger charge is 2.47. The van der Waals surface area contributed by atoms with Crippen LogP contribution in [0.1, 0.15) is 76.0 Å². The summed E-state index contributed by atoms with van der Waals surface area (Å²) in [5.74, 6) is 4.60. The third kappa shape index (κ3) is 4.51.